The molecule has 0 unspecified atom stereocenters. The van der Waals surface area contributed by atoms with Gasteiger partial charge in [-0.1, -0.05) is 34.1 Å². The monoisotopic (exact) mass is 397 g/mol. The maximum Gasteiger partial charge on any atom is 0.162 e. The summed E-state index contributed by atoms with van der Waals surface area (Å²) in [5, 5.41) is 9.52. The molecule has 0 heterocycles. The second-order valence-electron chi connectivity index (χ2n) is 6.11. The van der Waals surface area contributed by atoms with E-state index in [1.54, 1.807) is 7.11 Å². The molecule has 3 nitrogen and oxygen atoms in total. The topological polar surface area (TPSA) is 42.2 Å². The number of allylic oxidation sites excluding steroid dienone is 1. The van der Waals surface area contributed by atoms with Crippen molar-refractivity contribution in [2.24, 2.45) is 0 Å². The number of nitrogens with zero attached hydrogens (tertiary/aromatic N) is 1. The molecule has 4 heteroatoms. The van der Waals surface area contributed by atoms with Crippen molar-refractivity contribution < 1.29 is 9.47 Å². The summed E-state index contributed by atoms with van der Waals surface area (Å²) in [7, 11) is 1.65. The van der Waals surface area contributed by atoms with Gasteiger partial charge in [-0.25, -0.2) is 0 Å². The lowest BCUT2D eigenvalue weighted by Crippen LogP contribution is -2.11. The maximum absolute atomic E-state index is 9.52. The van der Waals surface area contributed by atoms with E-state index in [2.05, 4.69) is 22.0 Å². The molecule has 1 aliphatic carbocycles. The van der Waals surface area contributed by atoms with Crippen LogP contribution >= 0.6 is 15.9 Å². The Morgan fingerprint density at radius 1 is 1.12 bits per heavy atom. The summed E-state index contributed by atoms with van der Waals surface area (Å²) < 4.78 is 12.5. The van der Waals surface area contributed by atoms with Crippen molar-refractivity contribution in [1.82, 2.24) is 0 Å². The first-order valence-corrected chi connectivity index (χ1v) is 9.21. The Bertz CT molecular complexity index is 800. The van der Waals surface area contributed by atoms with Gasteiger partial charge >= 0.3 is 0 Å². The molecule has 0 spiro atoms. The summed E-state index contributed by atoms with van der Waals surface area (Å²) in [5.41, 5.74) is 2.43. The fourth-order valence-electron chi connectivity index (χ4n) is 3.04. The molecule has 0 aromatic heterocycles. The summed E-state index contributed by atoms with van der Waals surface area (Å²) in [6.45, 7) is 0. The molecule has 1 aliphatic rings. The average Bonchev–Trinajstić information content (AvgIpc) is 3.14. The average molecular weight is 398 g/mol. The number of ether oxygens (including phenoxy) is 2. The highest BCUT2D eigenvalue weighted by Crippen LogP contribution is 2.33. The summed E-state index contributed by atoms with van der Waals surface area (Å²) >= 11 is 3.42. The largest absolute Gasteiger partial charge is 0.493 e. The van der Waals surface area contributed by atoms with Crippen molar-refractivity contribution in [2.75, 3.05) is 7.11 Å². The van der Waals surface area contributed by atoms with Crippen LogP contribution in [0.1, 0.15) is 36.8 Å². The fourth-order valence-corrected chi connectivity index (χ4v) is 3.30. The zero-order chi connectivity index (χ0) is 17.6. The molecule has 0 bridgehead atoms. The van der Waals surface area contributed by atoms with Gasteiger partial charge < -0.3 is 9.47 Å². The summed E-state index contributed by atoms with van der Waals surface area (Å²) in [6.07, 6.45) is 6.75. The Hall–Kier alpha value is -2.25. The highest BCUT2D eigenvalue weighted by atomic mass is 79.9. The lowest BCUT2D eigenvalue weighted by molar-refractivity contribution is 0.201. The standard InChI is InChI=1S/C21H20BrNO2/c1-24-20-11-6-15(13-21(20)25-19-4-2-3-5-19)12-17(14-23)16-7-9-18(22)10-8-16/h6-13,19H,2-5H2,1H3/b17-12+. The van der Waals surface area contributed by atoms with E-state index in [-0.39, 0.29) is 6.10 Å². The number of hydrogen-bond donors (Lipinski definition) is 0. The van der Waals surface area contributed by atoms with Gasteiger partial charge in [-0.3, -0.25) is 0 Å². The van der Waals surface area contributed by atoms with Gasteiger partial charge in [-0.2, -0.15) is 5.26 Å². The van der Waals surface area contributed by atoms with E-state index in [9.17, 15) is 5.26 Å². The molecule has 0 atom stereocenters. The highest BCUT2D eigenvalue weighted by Gasteiger charge is 2.18. The van der Waals surface area contributed by atoms with Crippen molar-refractivity contribution in [3.8, 4) is 17.6 Å². The highest BCUT2D eigenvalue weighted by molar-refractivity contribution is 9.10. The summed E-state index contributed by atoms with van der Waals surface area (Å²) in [4.78, 5) is 0. The van der Waals surface area contributed by atoms with Crippen LogP contribution in [-0.2, 0) is 0 Å². The van der Waals surface area contributed by atoms with Crippen LogP contribution in [0.25, 0.3) is 11.6 Å². The number of halogens is 1. The number of benzene rings is 2. The Balaban J connectivity index is 1.90. The van der Waals surface area contributed by atoms with E-state index in [4.69, 9.17) is 9.47 Å². The SMILES string of the molecule is COc1ccc(/C=C(\C#N)c2ccc(Br)cc2)cc1OC1CCCC1. The molecule has 2 aromatic carbocycles. The van der Waals surface area contributed by atoms with E-state index in [0.717, 1.165) is 39.9 Å². The second-order valence-corrected chi connectivity index (χ2v) is 7.03. The first-order chi connectivity index (χ1) is 12.2. The molecule has 0 radical (unpaired) electrons. The molecule has 1 saturated carbocycles. The minimum atomic E-state index is 0.259. The van der Waals surface area contributed by atoms with Crippen molar-refractivity contribution in [2.45, 2.75) is 31.8 Å². The summed E-state index contributed by atoms with van der Waals surface area (Å²) in [6, 6.07) is 15.8. The van der Waals surface area contributed by atoms with Gasteiger partial charge in [0, 0.05) is 4.47 Å². The minimum Gasteiger partial charge on any atom is -0.493 e. The van der Waals surface area contributed by atoms with E-state index < -0.39 is 0 Å². The third kappa shape index (κ3) is 4.43. The molecule has 25 heavy (non-hydrogen) atoms. The third-order valence-electron chi connectivity index (χ3n) is 4.37. The van der Waals surface area contributed by atoms with Gasteiger partial charge in [-0.05, 0) is 67.2 Å². The van der Waals surface area contributed by atoms with Gasteiger partial charge in [0.2, 0.25) is 0 Å². The maximum atomic E-state index is 9.52. The van der Waals surface area contributed by atoms with Crippen LogP contribution in [0, 0.1) is 11.3 Å². The Morgan fingerprint density at radius 3 is 2.48 bits per heavy atom. The van der Waals surface area contributed by atoms with Gasteiger partial charge in [0.05, 0.1) is 24.9 Å². The van der Waals surface area contributed by atoms with Crippen LogP contribution in [0.15, 0.2) is 46.9 Å². The Morgan fingerprint density at radius 2 is 1.84 bits per heavy atom. The molecular formula is C21H20BrNO2. The molecule has 3 rings (SSSR count). The third-order valence-corrected chi connectivity index (χ3v) is 4.90. The van der Waals surface area contributed by atoms with Crippen LogP contribution in [0.3, 0.4) is 0 Å². The molecule has 2 aromatic rings. The van der Waals surface area contributed by atoms with Crippen LogP contribution in [0.2, 0.25) is 0 Å². The number of nitriles is 1. The van der Waals surface area contributed by atoms with Gasteiger partial charge in [0.25, 0.3) is 0 Å². The minimum absolute atomic E-state index is 0.259. The van der Waals surface area contributed by atoms with E-state index in [1.807, 2.05) is 48.5 Å². The van der Waals surface area contributed by atoms with Crippen molar-refractivity contribution in [3.05, 3.63) is 58.1 Å². The lowest BCUT2D eigenvalue weighted by Gasteiger charge is -2.16. The van der Waals surface area contributed by atoms with Gasteiger partial charge in [0.1, 0.15) is 0 Å². The van der Waals surface area contributed by atoms with Gasteiger partial charge in [0.15, 0.2) is 11.5 Å². The first kappa shape index (κ1) is 17.6. The second kappa shape index (κ2) is 8.22. The van der Waals surface area contributed by atoms with Crippen LogP contribution in [0.4, 0.5) is 0 Å². The number of methoxy groups -OCH3 is 1. The van der Waals surface area contributed by atoms with Crippen LogP contribution in [0.5, 0.6) is 11.5 Å². The predicted molar refractivity (Wildman–Crippen MR) is 104 cm³/mol. The molecule has 0 aliphatic heterocycles. The molecule has 0 N–H and O–H groups in total. The van der Waals surface area contributed by atoms with Crippen molar-refractivity contribution in [1.29, 1.82) is 5.26 Å². The first-order valence-electron chi connectivity index (χ1n) is 8.42. The lowest BCUT2D eigenvalue weighted by atomic mass is 10.0. The molecular weight excluding hydrogens is 378 g/mol. The van der Waals surface area contributed by atoms with Crippen LogP contribution in [-0.4, -0.2) is 13.2 Å². The normalized spacial score (nSPS) is 15.0. The predicted octanol–water partition coefficient (Wildman–Crippen LogP) is 5.84. The molecule has 128 valence electrons. The number of rotatable bonds is 5. The van der Waals surface area contributed by atoms with Crippen LogP contribution < -0.4 is 9.47 Å². The number of hydrogen-bond acceptors (Lipinski definition) is 3. The Kier molecular flexibility index (Phi) is 5.78. The van der Waals surface area contributed by atoms with E-state index in [1.165, 1.54) is 12.8 Å². The smallest absolute Gasteiger partial charge is 0.162 e. The Labute approximate surface area is 157 Å². The molecule has 0 amide bonds. The van der Waals surface area contributed by atoms with Crippen molar-refractivity contribution >= 4 is 27.6 Å². The fraction of sp³-hybridized carbons (Fsp3) is 0.286. The van der Waals surface area contributed by atoms with E-state index in [0.29, 0.717) is 5.57 Å². The zero-order valence-corrected chi connectivity index (χ0v) is 15.8. The van der Waals surface area contributed by atoms with E-state index >= 15 is 0 Å². The van der Waals surface area contributed by atoms with Gasteiger partial charge in [-0.15, -0.1) is 0 Å². The molecule has 0 saturated heterocycles. The van der Waals surface area contributed by atoms with Crippen molar-refractivity contribution in [3.63, 3.8) is 0 Å². The zero-order valence-electron chi connectivity index (χ0n) is 14.2. The molecule has 1 fully saturated rings. The summed E-state index contributed by atoms with van der Waals surface area (Å²) in [5.74, 6) is 1.47. The quantitative estimate of drug-likeness (QED) is 0.469.